The molecule has 2 aromatic carbocycles. The SMILES string of the molecule is CC1CCN(C23C[C@H](NC(=O)CCN4CCCCC4)C([C@H](c4ccccc4)C2)[C@H](c2ccccc2)C3)CC1. The molecule has 7 rings (SSSR count). The average molecular weight is 514 g/mol. The minimum Gasteiger partial charge on any atom is -0.353 e. The van der Waals surface area contributed by atoms with Crippen molar-refractivity contribution in [1.82, 2.24) is 15.1 Å². The first-order chi connectivity index (χ1) is 18.6. The molecule has 2 saturated heterocycles. The van der Waals surface area contributed by atoms with Crippen LogP contribution in [0.25, 0.3) is 0 Å². The zero-order valence-electron chi connectivity index (χ0n) is 23.4. The molecule has 4 nitrogen and oxygen atoms in total. The van der Waals surface area contributed by atoms with Gasteiger partial charge in [-0.05, 0) is 106 Å². The van der Waals surface area contributed by atoms with E-state index >= 15 is 0 Å². The first-order valence-corrected chi connectivity index (χ1v) is 15.5. The Morgan fingerprint density at radius 3 is 1.97 bits per heavy atom. The first kappa shape index (κ1) is 26.1. The van der Waals surface area contributed by atoms with Crippen molar-refractivity contribution in [3.63, 3.8) is 0 Å². The highest BCUT2D eigenvalue weighted by Gasteiger charge is 2.58. The molecule has 5 aliphatic rings. The number of nitrogens with zero attached hydrogens (tertiary/aromatic N) is 2. The van der Waals surface area contributed by atoms with E-state index in [9.17, 15) is 4.79 Å². The number of nitrogens with one attached hydrogen (secondary N) is 1. The molecule has 2 heterocycles. The van der Waals surface area contributed by atoms with Gasteiger partial charge in [0.1, 0.15) is 0 Å². The van der Waals surface area contributed by atoms with Gasteiger partial charge in [-0.25, -0.2) is 0 Å². The fourth-order valence-electron chi connectivity index (χ4n) is 8.55. The van der Waals surface area contributed by atoms with E-state index in [1.807, 2.05) is 0 Å². The van der Waals surface area contributed by atoms with E-state index in [0.717, 1.165) is 32.0 Å². The third-order valence-electron chi connectivity index (χ3n) is 10.6. The van der Waals surface area contributed by atoms with Crippen LogP contribution in [0.15, 0.2) is 60.7 Å². The highest BCUT2D eigenvalue weighted by molar-refractivity contribution is 5.76. The molecule has 204 valence electrons. The van der Waals surface area contributed by atoms with Gasteiger partial charge in [0.15, 0.2) is 0 Å². The van der Waals surface area contributed by atoms with Crippen molar-refractivity contribution < 1.29 is 4.79 Å². The summed E-state index contributed by atoms with van der Waals surface area (Å²) >= 11 is 0. The number of carbonyl (C=O) groups is 1. The summed E-state index contributed by atoms with van der Waals surface area (Å²) in [6.07, 6.45) is 10.7. The minimum absolute atomic E-state index is 0.153. The van der Waals surface area contributed by atoms with E-state index in [2.05, 4.69) is 82.7 Å². The number of likely N-dealkylation sites (tertiary alicyclic amines) is 2. The molecule has 3 atom stereocenters. The number of amides is 1. The number of benzene rings is 2. The number of piperidine rings is 2. The quantitative estimate of drug-likeness (QED) is 0.479. The van der Waals surface area contributed by atoms with Crippen LogP contribution in [-0.2, 0) is 4.79 Å². The van der Waals surface area contributed by atoms with Crippen LogP contribution in [0.1, 0.15) is 87.7 Å². The zero-order chi connectivity index (χ0) is 26.0. The van der Waals surface area contributed by atoms with Gasteiger partial charge in [0.05, 0.1) is 0 Å². The predicted octanol–water partition coefficient (Wildman–Crippen LogP) is 6.20. The van der Waals surface area contributed by atoms with E-state index in [0.29, 0.717) is 24.2 Å². The number of hydrogen-bond acceptors (Lipinski definition) is 3. The Kier molecular flexibility index (Phi) is 7.90. The Morgan fingerprint density at radius 1 is 0.816 bits per heavy atom. The zero-order valence-corrected chi connectivity index (χ0v) is 23.4. The van der Waals surface area contributed by atoms with Crippen molar-refractivity contribution in [2.45, 2.75) is 88.1 Å². The molecule has 0 unspecified atom stereocenters. The molecule has 4 heteroatoms. The lowest BCUT2D eigenvalue weighted by atomic mass is 9.50. The molecule has 5 fully saturated rings. The highest BCUT2D eigenvalue weighted by Crippen LogP contribution is 2.60. The van der Waals surface area contributed by atoms with Crippen molar-refractivity contribution in [1.29, 1.82) is 0 Å². The molecule has 38 heavy (non-hydrogen) atoms. The monoisotopic (exact) mass is 513 g/mol. The maximum Gasteiger partial charge on any atom is 0.221 e. The van der Waals surface area contributed by atoms with Crippen LogP contribution < -0.4 is 5.32 Å². The van der Waals surface area contributed by atoms with Gasteiger partial charge in [-0.2, -0.15) is 0 Å². The summed E-state index contributed by atoms with van der Waals surface area (Å²) in [7, 11) is 0. The average Bonchev–Trinajstić information content (AvgIpc) is 2.98. The van der Waals surface area contributed by atoms with Crippen molar-refractivity contribution >= 4 is 5.91 Å². The maximum absolute atomic E-state index is 13.5. The molecule has 1 N–H and O–H groups in total. The predicted molar refractivity (Wildman–Crippen MR) is 155 cm³/mol. The molecule has 2 aromatic rings. The number of carbonyl (C=O) groups excluding carboxylic acids is 1. The second-order valence-corrected chi connectivity index (χ2v) is 12.9. The topological polar surface area (TPSA) is 35.6 Å². The Morgan fingerprint density at radius 2 is 1.39 bits per heavy atom. The Balaban J connectivity index is 1.31. The molecule has 3 aliphatic carbocycles. The van der Waals surface area contributed by atoms with E-state index in [4.69, 9.17) is 0 Å². The van der Waals surface area contributed by atoms with Crippen molar-refractivity contribution in [3.05, 3.63) is 71.8 Å². The number of hydrogen-bond donors (Lipinski definition) is 1. The lowest BCUT2D eigenvalue weighted by molar-refractivity contribution is -0.126. The van der Waals surface area contributed by atoms with Gasteiger partial charge in [-0.1, -0.05) is 74.0 Å². The molecule has 0 radical (unpaired) electrons. The molecule has 2 aliphatic heterocycles. The summed E-state index contributed by atoms with van der Waals surface area (Å²) in [6.45, 7) is 8.03. The fraction of sp³-hybridized carbons (Fsp3) is 0.618. The van der Waals surface area contributed by atoms with E-state index in [-0.39, 0.29) is 17.5 Å². The van der Waals surface area contributed by atoms with Crippen LogP contribution in [0.5, 0.6) is 0 Å². The summed E-state index contributed by atoms with van der Waals surface area (Å²) in [5, 5.41) is 3.67. The van der Waals surface area contributed by atoms with Gasteiger partial charge in [-0.15, -0.1) is 0 Å². The standard InChI is InChI=1S/C34H47N3O/c1-26-15-21-37(22-16-26)34-23-29(27-11-5-2-6-12-27)33(30(24-34)28-13-7-3-8-14-28)31(25-34)35-32(38)17-20-36-18-9-4-10-19-36/h2-3,5-8,11-14,26,29-31,33H,4,9-10,15-25H2,1H3,(H,35,38)/t29-,30-,31-,33?,34?/m0/s1. The summed E-state index contributed by atoms with van der Waals surface area (Å²) in [4.78, 5) is 18.8. The normalized spacial score (nSPS) is 32.8. The number of rotatable bonds is 7. The van der Waals surface area contributed by atoms with E-state index in [1.54, 1.807) is 0 Å². The summed E-state index contributed by atoms with van der Waals surface area (Å²) in [5.41, 5.74) is 3.07. The van der Waals surface area contributed by atoms with Gasteiger partial charge >= 0.3 is 0 Å². The fourth-order valence-corrected chi connectivity index (χ4v) is 8.55. The Labute approximate surface area is 230 Å². The molecule has 0 spiro atoms. The van der Waals surface area contributed by atoms with Crippen LogP contribution in [0.4, 0.5) is 0 Å². The first-order valence-electron chi connectivity index (χ1n) is 15.5. The Hall–Kier alpha value is -2.17. The lowest BCUT2D eigenvalue weighted by Crippen LogP contribution is -2.66. The molecule has 0 aromatic heterocycles. The van der Waals surface area contributed by atoms with Crippen molar-refractivity contribution in [3.8, 4) is 0 Å². The smallest absolute Gasteiger partial charge is 0.221 e. The van der Waals surface area contributed by atoms with Crippen molar-refractivity contribution in [2.24, 2.45) is 11.8 Å². The van der Waals surface area contributed by atoms with Gasteiger partial charge < -0.3 is 10.2 Å². The van der Waals surface area contributed by atoms with Gasteiger partial charge in [0.25, 0.3) is 0 Å². The third kappa shape index (κ3) is 5.45. The van der Waals surface area contributed by atoms with Crippen LogP contribution in [0.2, 0.25) is 0 Å². The minimum atomic E-state index is 0.153. The van der Waals surface area contributed by atoms with Crippen LogP contribution in [0, 0.1) is 11.8 Å². The number of fused-ring (bicyclic) bond motifs is 3. The summed E-state index contributed by atoms with van der Waals surface area (Å²) < 4.78 is 0. The maximum atomic E-state index is 13.5. The molecule has 3 saturated carbocycles. The van der Waals surface area contributed by atoms with Gasteiger partial charge in [-0.3, -0.25) is 9.69 Å². The molecular weight excluding hydrogens is 466 g/mol. The van der Waals surface area contributed by atoms with Crippen LogP contribution in [0.3, 0.4) is 0 Å². The summed E-state index contributed by atoms with van der Waals surface area (Å²) in [6, 6.07) is 22.7. The Bertz CT molecular complexity index is 992. The van der Waals surface area contributed by atoms with Crippen LogP contribution >= 0.6 is 0 Å². The second kappa shape index (κ2) is 11.5. The van der Waals surface area contributed by atoms with E-state index in [1.165, 1.54) is 69.2 Å². The largest absolute Gasteiger partial charge is 0.353 e. The molecule has 2 bridgehead atoms. The van der Waals surface area contributed by atoms with Crippen LogP contribution in [-0.4, -0.2) is 60.0 Å². The second-order valence-electron chi connectivity index (χ2n) is 12.9. The molecule has 1 amide bonds. The lowest BCUT2D eigenvalue weighted by Gasteiger charge is -2.63. The van der Waals surface area contributed by atoms with E-state index < -0.39 is 0 Å². The molecular formula is C34H47N3O. The van der Waals surface area contributed by atoms with Crippen molar-refractivity contribution in [2.75, 3.05) is 32.7 Å². The van der Waals surface area contributed by atoms with Gasteiger partial charge in [0, 0.05) is 24.5 Å². The third-order valence-corrected chi connectivity index (χ3v) is 10.6. The highest BCUT2D eigenvalue weighted by atomic mass is 16.1. The van der Waals surface area contributed by atoms with Gasteiger partial charge in [0.2, 0.25) is 5.91 Å². The summed E-state index contributed by atoms with van der Waals surface area (Å²) in [5.74, 6) is 2.45.